The number of nitrogens with one attached hydrogen (secondary N) is 1. The van der Waals surface area contributed by atoms with Gasteiger partial charge in [-0.3, -0.25) is 18.9 Å². The molecule has 1 saturated carbocycles. The van der Waals surface area contributed by atoms with Crippen LogP contribution in [0.2, 0.25) is 0 Å². The van der Waals surface area contributed by atoms with E-state index in [1.807, 2.05) is 23.6 Å². The third kappa shape index (κ3) is 3.29. The number of hydrogen-bond donors (Lipinski definition) is 1. The van der Waals surface area contributed by atoms with Crippen molar-refractivity contribution in [2.24, 2.45) is 0 Å². The summed E-state index contributed by atoms with van der Waals surface area (Å²) in [7, 11) is 0. The van der Waals surface area contributed by atoms with Gasteiger partial charge in [0.15, 0.2) is 0 Å². The Balaban J connectivity index is 1.31. The van der Waals surface area contributed by atoms with Gasteiger partial charge >= 0.3 is 0 Å². The molecule has 7 rings (SSSR count). The first-order valence-corrected chi connectivity index (χ1v) is 12.4. The monoisotopic (exact) mass is 470 g/mol. The van der Waals surface area contributed by atoms with E-state index in [2.05, 4.69) is 26.2 Å². The Morgan fingerprint density at radius 2 is 1.91 bits per heavy atom. The second-order valence-corrected chi connectivity index (χ2v) is 9.97. The Kier molecular flexibility index (Phi) is 4.57. The maximum Gasteiger partial charge on any atom is 0.294 e. The minimum Gasteiger partial charge on any atom is -0.381 e. The van der Waals surface area contributed by atoms with Crippen LogP contribution in [0.3, 0.4) is 0 Å². The lowest BCUT2D eigenvalue weighted by Gasteiger charge is -2.21. The summed E-state index contributed by atoms with van der Waals surface area (Å²) in [5, 5.41) is 8.57. The predicted molar refractivity (Wildman–Crippen MR) is 130 cm³/mol. The Morgan fingerprint density at radius 3 is 2.71 bits per heavy atom. The molecule has 178 valence electrons. The van der Waals surface area contributed by atoms with Gasteiger partial charge < -0.3 is 9.72 Å². The topological polar surface area (TPSA) is 105 Å². The quantitative estimate of drug-likeness (QED) is 0.493. The van der Waals surface area contributed by atoms with E-state index in [9.17, 15) is 9.59 Å². The average Bonchev–Trinajstić information content (AvgIpc) is 3.48. The molecule has 5 heterocycles. The molecule has 2 aliphatic heterocycles. The second kappa shape index (κ2) is 7.71. The number of aryl methyl sites for hydroxylation is 1. The number of H-pyrrole nitrogens is 1. The Morgan fingerprint density at radius 1 is 1.09 bits per heavy atom. The molecule has 0 spiro atoms. The highest BCUT2D eigenvalue weighted by molar-refractivity contribution is 6.09. The number of ether oxygens (including phenoxy) is 1. The van der Waals surface area contributed by atoms with Crippen LogP contribution in [0.4, 0.5) is 5.82 Å². The molecule has 1 amide bonds. The highest BCUT2D eigenvalue weighted by atomic mass is 16.5. The minimum atomic E-state index is -0.314. The molecule has 35 heavy (non-hydrogen) atoms. The summed E-state index contributed by atoms with van der Waals surface area (Å²) in [5.74, 6) is 2.25. The van der Waals surface area contributed by atoms with E-state index in [1.54, 1.807) is 11.0 Å². The normalized spacial score (nSPS) is 18.5. The van der Waals surface area contributed by atoms with Crippen LogP contribution in [0.15, 0.2) is 29.2 Å². The lowest BCUT2D eigenvalue weighted by molar-refractivity contribution is 0.0834. The highest BCUT2D eigenvalue weighted by Crippen LogP contribution is 2.41. The van der Waals surface area contributed by atoms with Crippen LogP contribution in [0, 0.1) is 6.92 Å². The lowest BCUT2D eigenvalue weighted by atomic mass is 9.99. The molecule has 9 nitrogen and oxygen atoms in total. The van der Waals surface area contributed by atoms with Crippen molar-refractivity contribution in [3.05, 3.63) is 62.8 Å². The number of aromatic nitrogens is 5. The van der Waals surface area contributed by atoms with Crippen molar-refractivity contribution >= 4 is 28.4 Å². The zero-order chi connectivity index (χ0) is 23.7. The SMILES string of the molecule is Cc1cc2c(cc1C(=O)N1CCc3cc(C4CC4)cnc31)[nH]c(=O)c1nnc(C3CCOCC3)n12. The fourth-order valence-electron chi connectivity index (χ4n) is 5.56. The number of nitrogens with zero attached hydrogens (tertiary/aromatic N) is 5. The van der Waals surface area contributed by atoms with Gasteiger partial charge in [-0.15, -0.1) is 10.2 Å². The Bertz CT molecular complexity index is 1560. The summed E-state index contributed by atoms with van der Waals surface area (Å²) < 4.78 is 7.36. The number of anilines is 1. The molecule has 9 heteroatoms. The third-order valence-corrected chi connectivity index (χ3v) is 7.66. The fraction of sp³-hybridized carbons (Fsp3) is 0.423. The summed E-state index contributed by atoms with van der Waals surface area (Å²) in [6.07, 6.45) is 6.88. The van der Waals surface area contributed by atoms with Crippen LogP contribution in [0.1, 0.15) is 70.4 Å². The van der Waals surface area contributed by atoms with Crippen LogP contribution < -0.4 is 10.5 Å². The lowest BCUT2D eigenvalue weighted by Crippen LogP contribution is -2.30. The molecule has 0 atom stereocenters. The number of pyridine rings is 1. The number of carbonyl (C=O) groups excluding carboxylic acids is 1. The number of amides is 1. The maximum absolute atomic E-state index is 13.7. The first kappa shape index (κ1) is 20.8. The number of carbonyl (C=O) groups is 1. The summed E-state index contributed by atoms with van der Waals surface area (Å²) in [5.41, 5.74) is 5.19. The van der Waals surface area contributed by atoms with Gasteiger partial charge in [-0.05, 0) is 73.8 Å². The van der Waals surface area contributed by atoms with Gasteiger partial charge in [0.2, 0.25) is 5.65 Å². The molecular weight excluding hydrogens is 444 g/mol. The van der Waals surface area contributed by atoms with Crippen molar-refractivity contribution in [1.29, 1.82) is 0 Å². The number of benzene rings is 1. The Hall–Kier alpha value is -3.59. The summed E-state index contributed by atoms with van der Waals surface area (Å²) in [4.78, 5) is 35.9. The van der Waals surface area contributed by atoms with Crippen molar-refractivity contribution in [2.75, 3.05) is 24.7 Å². The van der Waals surface area contributed by atoms with Gasteiger partial charge in [0, 0.05) is 37.4 Å². The van der Waals surface area contributed by atoms with Crippen LogP contribution >= 0.6 is 0 Å². The Labute approximate surface area is 201 Å². The van der Waals surface area contributed by atoms with E-state index >= 15 is 0 Å². The van der Waals surface area contributed by atoms with Crippen molar-refractivity contribution in [3.63, 3.8) is 0 Å². The van der Waals surface area contributed by atoms with Crippen molar-refractivity contribution < 1.29 is 9.53 Å². The first-order valence-electron chi connectivity index (χ1n) is 12.4. The van der Waals surface area contributed by atoms with Crippen LogP contribution in [-0.4, -0.2) is 50.2 Å². The molecule has 3 aliphatic rings. The summed E-state index contributed by atoms with van der Waals surface area (Å²) in [6, 6.07) is 5.97. The van der Waals surface area contributed by atoms with Crippen LogP contribution in [0.25, 0.3) is 16.7 Å². The van der Waals surface area contributed by atoms with E-state index < -0.39 is 0 Å². The highest BCUT2D eigenvalue weighted by Gasteiger charge is 2.31. The van der Waals surface area contributed by atoms with E-state index in [1.165, 1.54) is 18.4 Å². The van der Waals surface area contributed by atoms with Crippen LogP contribution in [-0.2, 0) is 11.2 Å². The van der Waals surface area contributed by atoms with E-state index in [-0.39, 0.29) is 23.0 Å². The van der Waals surface area contributed by atoms with Crippen molar-refractivity contribution in [3.8, 4) is 0 Å². The van der Waals surface area contributed by atoms with Gasteiger partial charge in [0.25, 0.3) is 11.5 Å². The fourth-order valence-corrected chi connectivity index (χ4v) is 5.56. The van der Waals surface area contributed by atoms with Gasteiger partial charge in [0.05, 0.1) is 11.0 Å². The number of fused-ring (bicyclic) bond motifs is 4. The molecule has 0 bridgehead atoms. The van der Waals surface area contributed by atoms with Crippen LogP contribution in [0.5, 0.6) is 0 Å². The first-order chi connectivity index (χ1) is 17.1. The standard InChI is InChI=1S/C26H26N6O3/c1-14-10-21-20(28-25(33)24-30-29-23(32(21)24)16-5-8-35-9-6-16)12-19(14)26(34)31-7-4-17-11-18(15-2-3-15)13-27-22(17)31/h10-13,15-16H,2-9H2,1H3,(H,28,33). The number of aromatic amines is 1. The molecule has 1 N–H and O–H groups in total. The molecule has 1 aliphatic carbocycles. The summed E-state index contributed by atoms with van der Waals surface area (Å²) in [6.45, 7) is 3.89. The summed E-state index contributed by atoms with van der Waals surface area (Å²) >= 11 is 0. The van der Waals surface area contributed by atoms with E-state index in [0.29, 0.717) is 36.8 Å². The average molecular weight is 471 g/mol. The number of rotatable bonds is 3. The number of hydrogen-bond acceptors (Lipinski definition) is 6. The van der Waals surface area contributed by atoms with Gasteiger partial charge in [0.1, 0.15) is 11.6 Å². The van der Waals surface area contributed by atoms with Crippen molar-refractivity contribution in [1.82, 2.24) is 24.6 Å². The van der Waals surface area contributed by atoms with E-state index in [0.717, 1.165) is 47.5 Å². The molecule has 0 radical (unpaired) electrons. The van der Waals surface area contributed by atoms with Gasteiger partial charge in [-0.2, -0.15) is 0 Å². The molecule has 3 aromatic heterocycles. The minimum absolute atomic E-state index is 0.0934. The zero-order valence-corrected chi connectivity index (χ0v) is 19.6. The smallest absolute Gasteiger partial charge is 0.294 e. The predicted octanol–water partition coefficient (Wildman–Crippen LogP) is 3.25. The molecule has 0 unspecified atom stereocenters. The van der Waals surface area contributed by atoms with E-state index in [4.69, 9.17) is 4.74 Å². The largest absolute Gasteiger partial charge is 0.381 e. The zero-order valence-electron chi connectivity index (χ0n) is 19.6. The maximum atomic E-state index is 13.7. The molecule has 1 saturated heterocycles. The third-order valence-electron chi connectivity index (χ3n) is 7.66. The molecule has 4 aromatic rings. The molecular formula is C26H26N6O3. The van der Waals surface area contributed by atoms with Crippen molar-refractivity contribution in [2.45, 2.75) is 50.9 Å². The molecule has 2 fully saturated rings. The van der Waals surface area contributed by atoms with Gasteiger partial charge in [-0.1, -0.05) is 6.07 Å². The van der Waals surface area contributed by atoms with Gasteiger partial charge in [-0.25, -0.2) is 4.98 Å². The molecule has 1 aromatic carbocycles. The second-order valence-electron chi connectivity index (χ2n) is 9.97.